The Morgan fingerprint density at radius 1 is 1.12 bits per heavy atom. The quantitative estimate of drug-likeness (QED) is 0.370. The molecule has 2 aliphatic carbocycles. The van der Waals surface area contributed by atoms with E-state index >= 15 is 0 Å². The van der Waals surface area contributed by atoms with Crippen LogP contribution in [0.2, 0.25) is 0 Å². The smallest absolute Gasteiger partial charge is 0.223 e. The average molecular weight is 335 g/mol. The third-order valence-corrected chi connectivity index (χ3v) is 5.37. The van der Waals surface area contributed by atoms with Crippen LogP contribution in [0, 0.1) is 5.92 Å². The van der Waals surface area contributed by atoms with E-state index in [2.05, 4.69) is 32.8 Å². The van der Waals surface area contributed by atoms with E-state index in [1.807, 2.05) is 0 Å². The summed E-state index contributed by atoms with van der Waals surface area (Å²) in [5.74, 6) is 1.36. The highest BCUT2D eigenvalue weighted by Crippen LogP contribution is 2.28. The second-order valence-electron chi connectivity index (χ2n) is 7.39. The molecule has 0 aromatic heterocycles. The third-order valence-electron chi connectivity index (χ3n) is 5.37. The number of hydrogen-bond acceptors (Lipinski definition) is 3. The largest absolute Gasteiger partial charge is 0.357 e. The summed E-state index contributed by atoms with van der Waals surface area (Å²) >= 11 is 0. The molecule has 6 heteroatoms. The average Bonchev–Trinajstić information content (AvgIpc) is 3.09. The second kappa shape index (κ2) is 8.70. The van der Waals surface area contributed by atoms with Gasteiger partial charge in [0.2, 0.25) is 5.91 Å². The van der Waals surface area contributed by atoms with Gasteiger partial charge in [0.25, 0.3) is 0 Å². The van der Waals surface area contributed by atoms with E-state index in [9.17, 15) is 4.79 Å². The molecule has 1 heterocycles. The molecule has 136 valence electrons. The molecular formula is C18H33N5O. The van der Waals surface area contributed by atoms with Crippen LogP contribution in [0.25, 0.3) is 0 Å². The first-order valence-corrected chi connectivity index (χ1v) is 9.83. The predicted molar refractivity (Wildman–Crippen MR) is 97.1 cm³/mol. The van der Waals surface area contributed by atoms with E-state index in [-0.39, 0.29) is 11.8 Å². The molecule has 1 atom stereocenters. The minimum atomic E-state index is 0.200. The fourth-order valence-electron chi connectivity index (χ4n) is 3.86. The van der Waals surface area contributed by atoms with Gasteiger partial charge in [0.15, 0.2) is 5.96 Å². The Labute approximate surface area is 145 Å². The molecule has 1 aliphatic heterocycles. The molecule has 2 saturated carbocycles. The highest BCUT2D eigenvalue weighted by Gasteiger charge is 2.30. The molecule has 3 rings (SSSR count). The molecule has 0 aromatic carbocycles. The van der Waals surface area contributed by atoms with Crippen molar-refractivity contribution in [1.29, 1.82) is 0 Å². The molecule has 1 amide bonds. The second-order valence-corrected chi connectivity index (χ2v) is 7.39. The Hall–Kier alpha value is -1.30. The maximum Gasteiger partial charge on any atom is 0.223 e. The number of likely N-dealkylation sites (tertiary alicyclic amines) is 1. The van der Waals surface area contributed by atoms with Gasteiger partial charge in [-0.05, 0) is 39.0 Å². The van der Waals surface area contributed by atoms with E-state index in [0.717, 1.165) is 37.9 Å². The molecule has 24 heavy (non-hydrogen) atoms. The lowest BCUT2D eigenvalue weighted by atomic mass is 10.2. The van der Waals surface area contributed by atoms with Crippen LogP contribution in [0.3, 0.4) is 0 Å². The number of rotatable bonds is 7. The van der Waals surface area contributed by atoms with Crippen molar-refractivity contribution in [2.75, 3.05) is 32.7 Å². The minimum absolute atomic E-state index is 0.200. The van der Waals surface area contributed by atoms with Crippen molar-refractivity contribution in [1.82, 2.24) is 20.9 Å². The first-order valence-electron chi connectivity index (χ1n) is 9.83. The van der Waals surface area contributed by atoms with E-state index in [1.165, 1.54) is 38.6 Å². The van der Waals surface area contributed by atoms with Crippen LogP contribution in [0.4, 0.5) is 0 Å². The van der Waals surface area contributed by atoms with Crippen molar-refractivity contribution in [3.8, 4) is 0 Å². The highest BCUT2D eigenvalue weighted by molar-refractivity contribution is 5.81. The van der Waals surface area contributed by atoms with Crippen LogP contribution >= 0.6 is 0 Å². The van der Waals surface area contributed by atoms with E-state index in [4.69, 9.17) is 0 Å². The summed E-state index contributed by atoms with van der Waals surface area (Å²) < 4.78 is 0. The Morgan fingerprint density at radius 2 is 1.92 bits per heavy atom. The summed E-state index contributed by atoms with van der Waals surface area (Å²) in [5, 5.41) is 9.87. The fourth-order valence-corrected chi connectivity index (χ4v) is 3.86. The molecule has 3 N–H and O–H groups in total. The normalized spacial score (nSPS) is 25.9. The van der Waals surface area contributed by atoms with Crippen molar-refractivity contribution >= 4 is 11.9 Å². The van der Waals surface area contributed by atoms with Gasteiger partial charge in [-0.25, -0.2) is 0 Å². The van der Waals surface area contributed by atoms with E-state index in [1.54, 1.807) is 0 Å². The molecule has 1 unspecified atom stereocenters. The number of aliphatic imine (C=N–C) groups is 1. The van der Waals surface area contributed by atoms with E-state index in [0.29, 0.717) is 19.1 Å². The summed E-state index contributed by atoms with van der Waals surface area (Å²) in [6.07, 6.45) is 8.85. The van der Waals surface area contributed by atoms with Crippen molar-refractivity contribution in [2.24, 2.45) is 10.9 Å². The first kappa shape index (κ1) is 17.5. The number of hydrogen-bond donors (Lipinski definition) is 3. The highest BCUT2D eigenvalue weighted by atomic mass is 16.2. The Balaban J connectivity index is 1.39. The zero-order valence-electron chi connectivity index (χ0n) is 15.0. The van der Waals surface area contributed by atoms with Crippen molar-refractivity contribution in [3.05, 3.63) is 0 Å². The topological polar surface area (TPSA) is 68.8 Å². The lowest BCUT2D eigenvalue weighted by Crippen LogP contribution is -2.45. The molecule has 0 aromatic rings. The zero-order valence-corrected chi connectivity index (χ0v) is 15.0. The maximum atomic E-state index is 11.6. The van der Waals surface area contributed by atoms with Crippen LogP contribution in [-0.4, -0.2) is 61.6 Å². The Kier molecular flexibility index (Phi) is 6.35. The Bertz CT molecular complexity index is 443. The summed E-state index contributed by atoms with van der Waals surface area (Å²) in [5.41, 5.74) is 0. The minimum Gasteiger partial charge on any atom is -0.357 e. The summed E-state index contributed by atoms with van der Waals surface area (Å²) in [4.78, 5) is 18.9. The number of nitrogens with one attached hydrogen (secondary N) is 3. The SMILES string of the molecule is CCNC(=NCCNC(=O)C1CC1)NC1CCN(C2CCCC2)C1. The predicted octanol–water partition coefficient (Wildman–Crippen LogP) is 1.08. The number of guanidine groups is 1. The van der Waals surface area contributed by atoms with Gasteiger partial charge in [0.1, 0.15) is 0 Å². The lowest BCUT2D eigenvalue weighted by Gasteiger charge is -2.24. The molecule has 0 radical (unpaired) electrons. The van der Waals surface area contributed by atoms with Gasteiger partial charge >= 0.3 is 0 Å². The molecule has 3 fully saturated rings. The van der Waals surface area contributed by atoms with Gasteiger partial charge in [0, 0.05) is 44.2 Å². The van der Waals surface area contributed by atoms with Crippen molar-refractivity contribution < 1.29 is 4.79 Å². The standard InChI is InChI=1S/C18H33N5O/c1-2-19-18(21-11-10-20-17(24)14-7-8-14)22-15-9-12-23(13-15)16-5-3-4-6-16/h14-16H,2-13H2,1H3,(H,20,24)(H2,19,21,22). The summed E-state index contributed by atoms with van der Waals surface area (Å²) in [7, 11) is 0. The molecule has 6 nitrogen and oxygen atoms in total. The molecule has 0 bridgehead atoms. The van der Waals surface area contributed by atoms with E-state index < -0.39 is 0 Å². The van der Waals surface area contributed by atoms with Crippen LogP contribution in [0.5, 0.6) is 0 Å². The van der Waals surface area contributed by atoms with Crippen LogP contribution in [0.1, 0.15) is 51.9 Å². The first-order chi connectivity index (χ1) is 11.8. The van der Waals surface area contributed by atoms with Gasteiger partial charge in [-0.2, -0.15) is 0 Å². The summed E-state index contributed by atoms with van der Waals surface area (Å²) in [6, 6.07) is 1.30. The van der Waals surface area contributed by atoms with Crippen LogP contribution in [-0.2, 0) is 4.79 Å². The van der Waals surface area contributed by atoms with Gasteiger partial charge in [-0.1, -0.05) is 12.8 Å². The van der Waals surface area contributed by atoms with Crippen LogP contribution < -0.4 is 16.0 Å². The van der Waals surface area contributed by atoms with Crippen molar-refractivity contribution in [2.45, 2.75) is 64.0 Å². The third kappa shape index (κ3) is 5.10. The number of amides is 1. The van der Waals surface area contributed by atoms with Gasteiger partial charge in [-0.3, -0.25) is 14.7 Å². The van der Waals surface area contributed by atoms with Gasteiger partial charge < -0.3 is 16.0 Å². The monoisotopic (exact) mass is 335 g/mol. The summed E-state index contributed by atoms with van der Waals surface area (Å²) in [6.45, 7) is 6.55. The van der Waals surface area contributed by atoms with Crippen molar-refractivity contribution in [3.63, 3.8) is 0 Å². The fraction of sp³-hybridized carbons (Fsp3) is 0.889. The molecule has 0 spiro atoms. The van der Waals surface area contributed by atoms with Gasteiger partial charge in [-0.15, -0.1) is 0 Å². The number of carbonyl (C=O) groups excluding carboxylic acids is 1. The molecule has 3 aliphatic rings. The Morgan fingerprint density at radius 3 is 2.62 bits per heavy atom. The van der Waals surface area contributed by atoms with Gasteiger partial charge in [0.05, 0.1) is 6.54 Å². The van der Waals surface area contributed by atoms with Crippen LogP contribution in [0.15, 0.2) is 4.99 Å². The zero-order chi connectivity index (χ0) is 16.8. The molecule has 1 saturated heterocycles. The molecular weight excluding hydrogens is 302 g/mol. The number of nitrogens with zero attached hydrogens (tertiary/aromatic N) is 2. The lowest BCUT2D eigenvalue weighted by molar-refractivity contribution is -0.122. The maximum absolute atomic E-state index is 11.6. The number of carbonyl (C=O) groups is 1.